The van der Waals surface area contributed by atoms with Crippen LogP contribution in [0.4, 0.5) is 5.69 Å². The molecule has 0 heterocycles. The minimum atomic E-state index is -4.07. The molecule has 1 N–H and O–H groups in total. The van der Waals surface area contributed by atoms with Gasteiger partial charge in [-0.2, -0.15) is 0 Å². The summed E-state index contributed by atoms with van der Waals surface area (Å²) in [5.74, 6) is -0.706. The third-order valence-corrected chi connectivity index (χ3v) is 8.54. The molecule has 2 unspecified atom stereocenters. The highest BCUT2D eigenvalue weighted by Crippen LogP contribution is 2.25. The van der Waals surface area contributed by atoms with E-state index in [1.807, 2.05) is 58.9 Å². The number of amides is 2. The lowest BCUT2D eigenvalue weighted by atomic mass is 10.1. The fourth-order valence-electron chi connectivity index (χ4n) is 4.33. The number of nitrogens with zero attached hydrogens (tertiary/aromatic N) is 2. The Morgan fingerprint density at radius 1 is 0.846 bits per heavy atom. The standard InChI is InChI=1S/C31H39N3O4S/c1-6-25(5)32-31(36)29(7-2)33(21-26-13-11-12-24(4)20-26)30(35)22-34(27-14-9-8-10-15-27)39(37,38)28-18-16-23(3)17-19-28/h8-20,25,29H,6-7,21-22H2,1-5H3,(H,32,36). The number of sulfonamides is 1. The first-order valence-corrected chi connectivity index (χ1v) is 14.8. The van der Waals surface area contributed by atoms with Gasteiger partial charge in [0.1, 0.15) is 12.6 Å². The average Bonchev–Trinajstić information content (AvgIpc) is 2.92. The number of carbonyl (C=O) groups is 2. The Hall–Kier alpha value is -3.65. The summed E-state index contributed by atoms with van der Waals surface area (Å²) in [6.07, 6.45) is 1.14. The third kappa shape index (κ3) is 7.69. The van der Waals surface area contributed by atoms with Crippen LogP contribution in [-0.4, -0.2) is 43.8 Å². The zero-order valence-electron chi connectivity index (χ0n) is 23.4. The number of aryl methyl sites for hydroxylation is 2. The van der Waals surface area contributed by atoms with E-state index in [1.165, 1.54) is 4.90 Å². The molecule has 0 bridgehead atoms. The minimum Gasteiger partial charge on any atom is -0.352 e. The SMILES string of the molecule is CCC(C)NC(=O)C(CC)N(Cc1cccc(C)c1)C(=O)CN(c1ccccc1)S(=O)(=O)c1ccc(C)cc1. The van der Waals surface area contributed by atoms with Crippen molar-refractivity contribution in [1.29, 1.82) is 0 Å². The Morgan fingerprint density at radius 2 is 1.51 bits per heavy atom. The van der Waals surface area contributed by atoms with E-state index < -0.39 is 28.5 Å². The Bertz CT molecular complexity index is 1360. The lowest BCUT2D eigenvalue weighted by Crippen LogP contribution is -2.53. The van der Waals surface area contributed by atoms with Crippen LogP contribution in [0.5, 0.6) is 0 Å². The summed E-state index contributed by atoms with van der Waals surface area (Å²) in [7, 11) is -4.07. The van der Waals surface area contributed by atoms with Crippen LogP contribution >= 0.6 is 0 Å². The maximum Gasteiger partial charge on any atom is 0.264 e. The number of benzene rings is 3. The summed E-state index contributed by atoms with van der Waals surface area (Å²) < 4.78 is 28.8. The molecule has 2 amide bonds. The fraction of sp³-hybridized carbons (Fsp3) is 0.355. The molecular weight excluding hydrogens is 510 g/mol. The zero-order chi connectivity index (χ0) is 28.6. The molecule has 208 valence electrons. The van der Waals surface area contributed by atoms with Crippen LogP contribution in [0.1, 0.15) is 50.3 Å². The van der Waals surface area contributed by atoms with Crippen LogP contribution in [-0.2, 0) is 26.2 Å². The Balaban J connectivity index is 2.03. The van der Waals surface area contributed by atoms with Gasteiger partial charge < -0.3 is 10.2 Å². The molecule has 7 nitrogen and oxygen atoms in total. The molecule has 0 aliphatic heterocycles. The van der Waals surface area contributed by atoms with Crippen LogP contribution in [0, 0.1) is 13.8 Å². The lowest BCUT2D eigenvalue weighted by Gasteiger charge is -2.33. The zero-order valence-corrected chi connectivity index (χ0v) is 24.2. The van der Waals surface area contributed by atoms with Crippen molar-refractivity contribution in [3.8, 4) is 0 Å². The first kappa shape index (κ1) is 29.9. The number of hydrogen-bond donors (Lipinski definition) is 1. The highest BCUT2D eigenvalue weighted by atomic mass is 32.2. The van der Waals surface area contributed by atoms with Gasteiger partial charge in [0, 0.05) is 12.6 Å². The summed E-state index contributed by atoms with van der Waals surface area (Å²) in [6.45, 7) is 9.34. The molecule has 3 aromatic carbocycles. The van der Waals surface area contributed by atoms with E-state index in [0.717, 1.165) is 27.4 Å². The van der Waals surface area contributed by atoms with Gasteiger partial charge in [-0.25, -0.2) is 8.42 Å². The van der Waals surface area contributed by atoms with E-state index in [4.69, 9.17) is 0 Å². The molecular formula is C31H39N3O4S. The minimum absolute atomic E-state index is 0.0507. The highest BCUT2D eigenvalue weighted by molar-refractivity contribution is 7.92. The third-order valence-electron chi connectivity index (χ3n) is 6.75. The lowest BCUT2D eigenvalue weighted by molar-refractivity contribution is -0.140. The molecule has 0 saturated heterocycles. The number of nitrogens with one attached hydrogen (secondary N) is 1. The monoisotopic (exact) mass is 549 g/mol. The van der Waals surface area contributed by atoms with E-state index in [0.29, 0.717) is 12.1 Å². The van der Waals surface area contributed by atoms with Crippen molar-refractivity contribution in [2.45, 2.75) is 71.0 Å². The van der Waals surface area contributed by atoms with Crippen LogP contribution in [0.15, 0.2) is 83.8 Å². The first-order chi connectivity index (χ1) is 18.6. The summed E-state index contributed by atoms with van der Waals surface area (Å²) >= 11 is 0. The number of carbonyl (C=O) groups excluding carboxylic acids is 2. The normalized spacial score (nSPS) is 12.8. The van der Waals surface area contributed by atoms with Crippen LogP contribution in [0.2, 0.25) is 0 Å². The average molecular weight is 550 g/mol. The van der Waals surface area contributed by atoms with E-state index in [2.05, 4.69) is 5.32 Å². The number of para-hydroxylation sites is 1. The topological polar surface area (TPSA) is 86.8 Å². The second kappa shape index (κ2) is 13.4. The molecule has 39 heavy (non-hydrogen) atoms. The van der Waals surface area contributed by atoms with Crippen molar-refractivity contribution in [2.24, 2.45) is 0 Å². The summed E-state index contributed by atoms with van der Waals surface area (Å²) in [4.78, 5) is 29.0. The second-order valence-electron chi connectivity index (χ2n) is 9.91. The quantitative estimate of drug-likeness (QED) is 0.336. The van der Waals surface area contributed by atoms with Gasteiger partial charge >= 0.3 is 0 Å². The van der Waals surface area contributed by atoms with Gasteiger partial charge in [-0.05, 0) is 63.4 Å². The van der Waals surface area contributed by atoms with E-state index >= 15 is 0 Å². The molecule has 0 aromatic heterocycles. The van der Waals surface area contributed by atoms with Crippen molar-refractivity contribution in [1.82, 2.24) is 10.2 Å². The van der Waals surface area contributed by atoms with Crippen molar-refractivity contribution in [3.63, 3.8) is 0 Å². The van der Waals surface area contributed by atoms with Gasteiger partial charge in [-0.3, -0.25) is 13.9 Å². The molecule has 0 saturated carbocycles. The Labute approximate surface area is 232 Å². The maximum absolute atomic E-state index is 14.0. The molecule has 0 aliphatic carbocycles. The first-order valence-electron chi connectivity index (χ1n) is 13.4. The highest BCUT2D eigenvalue weighted by Gasteiger charge is 2.33. The van der Waals surface area contributed by atoms with Crippen molar-refractivity contribution >= 4 is 27.5 Å². The van der Waals surface area contributed by atoms with Gasteiger partial charge in [0.25, 0.3) is 10.0 Å². The predicted octanol–water partition coefficient (Wildman–Crippen LogP) is 5.22. The van der Waals surface area contributed by atoms with Crippen LogP contribution in [0.25, 0.3) is 0 Å². The molecule has 8 heteroatoms. The molecule has 3 rings (SSSR count). The van der Waals surface area contributed by atoms with Crippen molar-refractivity contribution in [3.05, 3.63) is 95.6 Å². The molecule has 0 fully saturated rings. The van der Waals surface area contributed by atoms with E-state index in [-0.39, 0.29) is 23.4 Å². The van der Waals surface area contributed by atoms with Crippen molar-refractivity contribution in [2.75, 3.05) is 10.8 Å². The largest absolute Gasteiger partial charge is 0.352 e. The van der Waals surface area contributed by atoms with E-state index in [9.17, 15) is 18.0 Å². The van der Waals surface area contributed by atoms with Crippen LogP contribution in [0.3, 0.4) is 0 Å². The number of hydrogen-bond acceptors (Lipinski definition) is 4. The van der Waals surface area contributed by atoms with Crippen molar-refractivity contribution < 1.29 is 18.0 Å². The fourth-order valence-corrected chi connectivity index (χ4v) is 5.74. The molecule has 2 atom stereocenters. The summed E-state index contributed by atoms with van der Waals surface area (Å²) in [5.41, 5.74) is 3.20. The Morgan fingerprint density at radius 3 is 2.10 bits per heavy atom. The molecule has 0 radical (unpaired) electrons. The molecule has 3 aromatic rings. The van der Waals surface area contributed by atoms with Gasteiger partial charge in [-0.15, -0.1) is 0 Å². The van der Waals surface area contributed by atoms with Crippen LogP contribution < -0.4 is 9.62 Å². The maximum atomic E-state index is 14.0. The second-order valence-corrected chi connectivity index (χ2v) is 11.8. The van der Waals surface area contributed by atoms with Gasteiger partial charge in [0.15, 0.2) is 0 Å². The molecule has 0 spiro atoms. The van der Waals surface area contributed by atoms with E-state index in [1.54, 1.807) is 54.6 Å². The molecule has 0 aliphatic rings. The van der Waals surface area contributed by atoms with Gasteiger partial charge in [-0.1, -0.05) is 79.6 Å². The summed E-state index contributed by atoms with van der Waals surface area (Å²) in [5, 5.41) is 2.99. The Kier molecular flexibility index (Phi) is 10.3. The smallest absolute Gasteiger partial charge is 0.264 e. The number of rotatable bonds is 12. The van der Waals surface area contributed by atoms with Gasteiger partial charge in [0.05, 0.1) is 10.6 Å². The predicted molar refractivity (Wildman–Crippen MR) is 156 cm³/mol. The summed E-state index contributed by atoms with van der Waals surface area (Å²) in [6, 6.07) is 22.1. The number of anilines is 1. The van der Waals surface area contributed by atoms with Gasteiger partial charge in [0.2, 0.25) is 11.8 Å².